The van der Waals surface area contributed by atoms with Crippen LogP contribution in [-0.2, 0) is 22.0 Å². The molecule has 0 radical (unpaired) electrons. The molecule has 3 aromatic rings. The minimum absolute atomic E-state index is 0.288. The summed E-state index contributed by atoms with van der Waals surface area (Å²) in [4.78, 5) is 0.894. The van der Waals surface area contributed by atoms with Gasteiger partial charge in [-0.15, -0.1) is 11.3 Å². The van der Waals surface area contributed by atoms with Crippen molar-refractivity contribution in [1.29, 1.82) is 0 Å². The Morgan fingerprint density at radius 1 is 1.30 bits per heavy atom. The Bertz CT molecular complexity index is 970. The van der Waals surface area contributed by atoms with Crippen LogP contribution < -0.4 is 0 Å². The van der Waals surface area contributed by atoms with Crippen LogP contribution in [0.2, 0.25) is 5.02 Å². The third kappa shape index (κ3) is 3.17. The number of hydrogen-bond donors (Lipinski definition) is 1. The van der Waals surface area contributed by atoms with E-state index in [1.165, 1.54) is 15.3 Å². The van der Waals surface area contributed by atoms with Crippen molar-refractivity contribution in [2.24, 2.45) is 0 Å². The maximum Gasteiger partial charge on any atom is 0.236 e. The van der Waals surface area contributed by atoms with Crippen LogP contribution in [0, 0.1) is 0 Å². The molecule has 0 aliphatic heterocycles. The van der Waals surface area contributed by atoms with E-state index in [0.29, 0.717) is 16.2 Å². The van der Waals surface area contributed by atoms with Crippen molar-refractivity contribution in [2.75, 3.05) is 6.26 Å². The van der Waals surface area contributed by atoms with Crippen LogP contribution in [0.3, 0.4) is 0 Å². The normalized spacial score (nSPS) is 15.0. The van der Waals surface area contributed by atoms with Gasteiger partial charge in [-0.05, 0) is 25.1 Å². The van der Waals surface area contributed by atoms with Crippen molar-refractivity contribution in [3.8, 4) is 0 Å². The summed E-state index contributed by atoms with van der Waals surface area (Å²) in [7, 11) is -3.55. The predicted molar refractivity (Wildman–Crippen MR) is 94.8 cm³/mol. The number of benzene rings is 1. The molecular formula is C16H16ClNO3S2. The lowest BCUT2D eigenvalue weighted by atomic mass is 9.97. The lowest BCUT2D eigenvalue weighted by Gasteiger charge is -2.24. The van der Waals surface area contributed by atoms with Crippen molar-refractivity contribution < 1.29 is 13.5 Å². The summed E-state index contributed by atoms with van der Waals surface area (Å²) in [6.45, 7) is 1.62. The van der Waals surface area contributed by atoms with Gasteiger partial charge in [-0.1, -0.05) is 29.8 Å². The SMILES string of the molecule is CC(O)(Cc1cc(Cl)cs1)c1cc2ccccc2n1S(C)(=O)=O. The zero-order chi connectivity index (χ0) is 16.8. The Labute approximate surface area is 144 Å². The molecule has 0 aliphatic rings. The monoisotopic (exact) mass is 369 g/mol. The summed E-state index contributed by atoms with van der Waals surface area (Å²) in [5, 5.41) is 14.2. The fraction of sp³-hybridized carbons (Fsp3) is 0.250. The van der Waals surface area contributed by atoms with Crippen molar-refractivity contribution in [2.45, 2.75) is 18.9 Å². The maximum atomic E-state index is 12.3. The average molecular weight is 370 g/mol. The highest BCUT2D eigenvalue weighted by Crippen LogP contribution is 2.34. The molecule has 0 bridgehead atoms. The molecule has 0 amide bonds. The zero-order valence-electron chi connectivity index (χ0n) is 12.7. The lowest BCUT2D eigenvalue weighted by Crippen LogP contribution is -2.29. The minimum Gasteiger partial charge on any atom is -0.384 e. The summed E-state index contributed by atoms with van der Waals surface area (Å²) in [6, 6.07) is 10.7. The van der Waals surface area contributed by atoms with Gasteiger partial charge in [0.05, 0.1) is 22.5 Å². The fourth-order valence-corrected chi connectivity index (χ4v) is 5.09. The van der Waals surface area contributed by atoms with Crippen LogP contribution in [0.15, 0.2) is 41.8 Å². The molecule has 0 saturated heterocycles. The van der Waals surface area contributed by atoms with Gasteiger partial charge < -0.3 is 5.11 Å². The molecule has 1 aromatic carbocycles. The van der Waals surface area contributed by atoms with Crippen LogP contribution >= 0.6 is 22.9 Å². The van der Waals surface area contributed by atoms with Crippen LogP contribution in [0.4, 0.5) is 0 Å². The number of thiophene rings is 1. The number of hydrogen-bond acceptors (Lipinski definition) is 4. The number of aliphatic hydroxyl groups is 1. The molecule has 0 spiro atoms. The molecule has 0 saturated carbocycles. The van der Waals surface area contributed by atoms with Crippen molar-refractivity contribution in [3.05, 3.63) is 57.4 Å². The van der Waals surface area contributed by atoms with Crippen LogP contribution in [0.1, 0.15) is 17.5 Å². The zero-order valence-corrected chi connectivity index (χ0v) is 15.0. The Hall–Kier alpha value is -1.34. The van der Waals surface area contributed by atoms with Crippen molar-refractivity contribution >= 4 is 43.9 Å². The predicted octanol–water partition coefficient (Wildman–Crippen LogP) is 3.61. The Balaban J connectivity index is 2.18. The molecule has 0 fully saturated rings. The first kappa shape index (κ1) is 16.5. The minimum atomic E-state index is -3.55. The second-order valence-corrected chi connectivity index (χ2v) is 9.06. The molecule has 7 heteroatoms. The molecule has 2 aromatic heterocycles. The van der Waals surface area contributed by atoms with Crippen LogP contribution in [0.5, 0.6) is 0 Å². The molecule has 1 unspecified atom stereocenters. The van der Waals surface area contributed by atoms with Crippen LogP contribution in [0.25, 0.3) is 10.9 Å². The highest BCUT2D eigenvalue weighted by atomic mass is 35.5. The molecule has 23 heavy (non-hydrogen) atoms. The van der Waals surface area contributed by atoms with Crippen molar-refractivity contribution in [3.63, 3.8) is 0 Å². The Morgan fingerprint density at radius 2 is 2.00 bits per heavy atom. The van der Waals surface area contributed by atoms with E-state index in [2.05, 4.69) is 0 Å². The Morgan fingerprint density at radius 3 is 2.61 bits per heavy atom. The van der Waals surface area contributed by atoms with E-state index < -0.39 is 15.6 Å². The third-order valence-electron chi connectivity index (χ3n) is 3.69. The highest BCUT2D eigenvalue weighted by Gasteiger charge is 2.31. The van der Waals surface area contributed by atoms with Crippen molar-refractivity contribution in [1.82, 2.24) is 3.97 Å². The van der Waals surface area contributed by atoms with E-state index in [1.54, 1.807) is 36.6 Å². The van der Waals surface area contributed by atoms with Gasteiger partial charge in [0.2, 0.25) is 10.0 Å². The molecule has 2 heterocycles. The number of fused-ring (bicyclic) bond motifs is 1. The largest absolute Gasteiger partial charge is 0.384 e. The van der Waals surface area contributed by atoms with Crippen LogP contribution in [-0.4, -0.2) is 23.8 Å². The number of halogens is 1. The van der Waals surface area contributed by atoms with Gasteiger partial charge >= 0.3 is 0 Å². The van der Waals surface area contributed by atoms with Gasteiger partial charge in [0.25, 0.3) is 0 Å². The summed E-state index contributed by atoms with van der Waals surface area (Å²) in [5.74, 6) is 0. The molecule has 4 nitrogen and oxygen atoms in total. The summed E-state index contributed by atoms with van der Waals surface area (Å²) in [6.07, 6.45) is 1.43. The summed E-state index contributed by atoms with van der Waals surface area (Å²) < 4.78 is 25.8. The topological polar surface area (TPSA) is 59.3 Å². The van der Waals surface area contributed by atoms with Gasteiger partial charge in [-0.25, -0.2) is 12.4 Å². The van der Waals surface area contributed by atoms with Gasteiger partial charge in [0.15, 0.2) is 0 Å². The number of nitrogens with zero attached hydrogens (tertiary/aromatic N) is 1. The molecule has 1 atom stereocenters. The number of para-hydroxylation sites is 1. The number of aromatic nitrogens is 1. The third-order valence-corrected chi connectivity index (χ3v) is 6.03. The first-order chi connectivity index (χ1) is 10.7. The lowest BCUT2D eigenvalue weighted by molar-refractivity contribution is 0.0534. The van der Waals surface area contributed by atoms with E-state index in [1.807, 2.05) is 12.1 Å². The molecule has 0 aliphatic carbocycles. The first-order valence-corrected chi connectivity index (χ1v) is 10.1. The molecular weight excluding hydrogens is 354 g/mol. The smallest absolute Gasteiger partial charge is 0.236 e. The molecule has 1 N–H and O–H groups in total. The fourth-order valence-electron chi connectivity index (χ4n) is 2.74. The van der Waals surface area contributed by atoms with Gasteiger partial charge in [0.1, 0.15) is 5.60 Å². The van der Waals surface area contributed by atoms with E-state index in [0.717, 1.165) is 16.5 Å². The average Bonchev–Trinajstić information content (AvgIpc) is 3.01. The highest BCUT2D eigenvalue weighted by molar-refractivity contribution is 7.89. The second-order valence-electron chi connectivity index (χ2n) is 5.80. The quantitative estimate of drug-likeness (QED) is 0.764. The van der Waals surface area contributed by atoms with E-state index in [4.69, 9.17) is 11.6 Å². The van der Waals surface area contributed by atoms with Gasteiger partial charge in [-0.2, -0.15) is 0 Å². The maximum absolute atomic E-state index is 12.3. The second kappa shape index (κ2) is 5.63. The standard InChI is InChI=1S/C16H16ClNO3S2/c1-16(19,9-13-8-12(17)10-22-13)15-7-11-5-3-4-6-14(11)18(15)23(2,20)21/h3-8,10,19H,9H2,1-2H3. The molecule has 122 valence electrons. The molecule has 3 rings (SSSR count). The van der Waals surface area contributed by atoms with E-state index in [9.17, 15) is 13.5 Å². The van der Waals surface area contributed by atoms with Gasteiger partial charge in [0, 0.05) is 22.1 Å². The first-order valence-electron chi connectivity index (χ1n) is 6.95. The summed E-state index contributed by atoms with van der Waals surface area (Å²) in [5.41, 5.74) is -0.420. The Kier molecular flexibility index (Phi) is 4.04. The van der Waals surface area contributed by atoms with E-state index in [-0.39, 0.29) is 6.42 Å². The van der Waals surface area contributed by atoms with E-state index >= 15 is 0 Å². The van der Waals surface area contributed by atoms with Gasteiger partial charge in [-0.3, -0.25) is 0 Å². The number of rotatable bonds is 4. The summed E-state index contributed by atoms with van der Waals surface area (Å²) >= 11 is 7.37.